The van der Waals surface area contributed by atoms with Crippen molar-refractivity contribution in [2.24, 2.45) is 0 Å². The summed E-state index contributed by atoms with van der Waals surface area (Å²) in [6.07, 6.45) is 1.79. The van der Waals surface area contributed by atoms with Crippen molar-refractivity contribution in [2.75, 3.05) is 14.2 Å². The minimum Gasteiger partial charge on any atom is -0.496 e. The van der Waals surface area contributed by atoms with Gasteiger partial charge < -0.3 is 9.47 Å². The summed E-state index contributed by atoms with van der Waals surface area (Å²) in [7, 11) is 3.07. The summed E-state index contributed by atoms with van der Waals surface area (Å²) in [5, 5.41) is 0. The van der Waals surface area contributed by atoms with Gasteiger partial charge in [-0.25, -0.2) is 0 Å². The Kier molecular flexibility index (Phi) is 2.90. The Labute approximate surface area is 77.3 Å². The fraction of sp³-hybridized carbons (Fsp3) is 0.300. The van der Waals surface area contributed by atoms with Crippen LogP contribution in [0.4, 0.5) is 0 Å². The molecular formula is C10H11O3. The lowest BCUT2D eigenvalue weighted by Crippen LogP contribution is -1.94. The van der Waals surface area contributed by atoms with Gasteiger partial charge in [0.15, 0.2) is 0 Å². The van der Waals surface area contributed by atoms with Gasteiger partial charge in [-0.2, -0.15) is 0 Å². The Morgan fingerprint density at radius 2 is 1.77 bits per heavy atom. The highest BCUT2D eigenvalue weighted by Crippen LogP contribution is 2.26. The summed E-state index contributed by atoms with van der Waals surface area (Å²) in [4.78, 5) is 10.5. The van der Waals surface area contributed by atoms with E-state index in [1.165, 1.54) is 7.11 Å². The molecule has 3 nitrogen and oxygen atoms in total. The number of ether oxygens (including phenoxy) is 2. The first-order valence-corrected chi connectivity index (χ1v) is 3.83. The zero-order valence-electron chi connectivity index (χ0n) is 7.88. The molecule has 0 unspecified atom stereocenters. The molecule has 1 radical (unpaired) electrons. The average molecular weight is 179 g/mol. The fourth-order valence-corrected chi connectivity index (χ4v) is 1.13. The maximum atomic E-state index is 10.5. The van der Waals surface area contributed by atoms with E-state index in [-0.39, 0.29) is 0 Å². The van der Waals surface area contributed by atoms with Crippen LogP contribution in [0.2, 0.25) is 0 Å². The summed E-state index contributed by atoms with van der Waals surface area (Å²) in [6.45, 7) is 1.88. The molecule has 0 saturated carbocycles. The van der Waals surface area contributed by atoms with Gasteiger partial charge in [-0.15, -0.1) is 0 Å². The highest BCUT2D eigenvalue weighted by Gasteiger charge is 2.07. The second kappa shape index (κ2) is 3.94. The molecule has 1 aromatic carbocycles. The first-order chi connectivity index (χ1) is 6.22. The lowest BCUT2D eigenvalue weighted by atomic mass is 10.1. The van der Waals surface area contributed by atoms with E-state index in [1.807, 2.05) is 6.92 Å². The van der Waals surface area contributed by atoms with Gasteiger partial charge in [0, 0.05) is 0 Å². The van der Waals surface area contributed by atoms with Gasteiger partial charge in [0.05, 0.1) is 19.8 Å². The number of hydrogen-bond donors (Lipinski definition) is 0. The Hall–Kier alpha value is -1.51. The summed E-state index contributed by atoms with van der Waals surface area (Å²) < 4.78 is 10.1. The normalized spacial score (nSPS) is 9.46. The van der Waals surface area contributed by atoms with Crippen LogP contribution in [0, 0.1) is 6.92 Å². The molecule has 0 N–H and O–H groups in total. The molecule has 1 rings (SSSR count). The number of methoxy groups -OCH3 is 2. The third-order valence-electron chi connectivity index (χ3n) is 1.83. The third-order valence-corrected chi connectivity index (χ3v) is 1.83. The number of carbonyl (C=O) groups excluding carboxylic acids is 1. The van der Waals surface area contributed by atoms with Gasteiger partial charge in [0.1, 0.15) is 11.5 Å². The van der Waals surface area contributed by atoms with E-state index in [0.717, 1.165) is 5.56 Å². The second-order valence-electron chi connectivity index (χ2n) is 2.62. The van der Waals surface area contributed by atoms with Crippen molar-refractivity contribution in [2.45, 2.75) is 6.92 Å². The van der Waals surface area contributed by atoms with E-state index in [4.69, 9.17) is 9.47 Å². The monoisotopic (exact) mass is 179 g/mol. The lowest BCUT2D eigenvalue weighted by Gasteiger charge is -2.08. The van der Waals surface area contributed by atoms with Crippen LogP contribution in [0.15, 0.2) is 12.1 Å². The van der Waals surface area contributed by atoms with Crippen LogP contribution in [0.3, 0.4) is 0 Å². The zero-order valence-corrected chi connectivity index (χ0v) is 7.88. The Morgan fingerprint density at radius 3 is 2.23 bits per heavy atom. The molecule has 0 bridgehead atoms. The SMILES string of the molecule is COc1cc([C]=O)c(OC)cc1C. The Balaban J connectivity index is 3.26. The molecule has 13 heavy (non-hydrogen) atoms. The number of aryl methyl sites for hydroxylation is 1. The molecule has 0 spiro atoms. The van der Waals surface area contributed by atoms with Crippen LogP contribution in [0.25, 0.3) is 0 Å². The Morgan fingerprint density at radius 1 is 1.15 bits per heavy atom. The quantitative estimate of drug-likeness (QED) is 0.704. The van der Waals surface area contributed by atoms with Crippen molar-refractivity contribution in [1.82, 2.24) is 0 Å². The van der Waals surface area contributed by atoms with Crippen LogP contribution >= 0.6 is 0 Å². The number of hydrogen-bond acceptors (Lipinski definition) is 3. The lowest BCUT2D eigenvalue weighted by molar-refractivity contribution is 0.399. The molecule has 0 aliphatic heterocycles. The van der Waals surface area contributed by atoms with E-state index in [0.29, 0.717) is 17.1 Å². The van der Waals surface area contributed by atoms with Gasteiger partial charge in [-0.3, -0.25) is 4.79 Å². The molecule has 0 saturated heterocycles. The number of rotatable bonds is 3. The molecule has 3 heteroatoms. The van der Waals surface area contributed by atoms with Gasteiger partial charge in [-0.1, -0.05) is 0 Å². The van der Waals surface area contributed by atoms with Gasteiger partial charge in [0.25, 0.3) is 0 Å². The van der Waals surface area contributed by atoms with Crippen molar-refractivity contribution in [3.63, 3.8) is 0 Å². The van der Waals surface area contributed by atoms with Crippen LogP contribution in [0.5, 0.6) is 11.5 Å². The molecule has 0 heterocycles. The maximum Gasteiger partial charge on any atom is 0.237 e. The molecule has 69 valence electrons. The third kappa shape index (κ3) is 1.80. The molecular weight excluding hydrogens is 168 g/mol. The maximum absolute atomic E-state index is 10.5. The van der Waals surface area contributed by atoms with Gasteiger partial charge in [0.2, 0.25) is 6.29 Å². The Bertz CT molecular complexity index is 318. The molecule has 0 fully saturated rings. The minimum atomic E-state index is 0.380. The summed E-state index contributed by atoms with van der Waals surface area (Å²) in [5.41, 5.74) is 1.31. The van der Waals surface area contributed by atoms with Gasteiger partial charge in [-0.05, 0) is 24.6 Å². The van der Waals surface area contributed by atoms with Crippen LogP contribution in [-0.4, -0.2) is 20.5 Å². The fourth-order valence-electron chi connectivity index (χ4n) is 1.13. The van der Waals surface area contributed by atoms with Crippen molar-refractivity contribution in [3.05, 3.63) is 23.3 Å². The number of benzene rings is 1. The topological polar surface area (TPSA) is 35.5 Å². The van der Waals surface area contributed by atoms with E-state index >= 15 is 0 Å². The predicted molar refractivity (Wildman–Crippen MR) is 49.1 cm³/mol. The summed E-state index contributed by atoms with van der Waals surface area (Å²) >= 11 is 0. The first kappa shape index (κ1) is 9.58. The molecule has 0 aliphatic rings. The summed E-state index contributed by atoms with van der Waals surface area (Å²) in [5.74, 6) is 1.19. The van der Waals surface area contributed by atoms with Crippen molar-refractivity contribution >= 4 is 6.29 Å². The van der Waals surface area contributed by atoms with Crippen molar-refractivity contribution < 1.29 is 14.3 Å². The highest BCUT2D eigenvalue weighted by molar-refractivity contribution is 5.81. The van der Waals surface area contributed by atoms with Gasteiger partial charge >= 0.3 is 0 Å². The smallest absolute Gasteiger partial charge is 0.237 e. The highest BCUT2D eigenvalue weighted by atomic mass is 16.5. The minimum absolute atomic E-state index is 0.380. The second-order valence-corrected chi connectivity index (χ2v) is 2.62. The van der Waals surface area contributed by atoms with E-state index < -0.39 is 0 Å². The largest absolute Gasteiger partial charge is 0.496 e. The van der Waals surface area contributed by atoms with Crippen molar-refractivity contribution in [3.8, 4) is 11.5 Å². The van der Waals surface area contributed by atoms with Crippen LogP contribution < -0.4 is 9.47 Å². The standard InChI is InChI=1S/C10H11O3/c1-7-4-10(13-3)8(6-11)5-9(7)12-2/h4-5H,1-3H3. The molecule has 0 aliphatic carbocycles. The van der Waals surface area contributed by atoms with E-state index in [1.54, 1.807) is 25.5 Å². The van der Waals surface area contributed by atoms with Crippen molar-refractivity contribution in [1.29, 1.82) is 0 Å². The molecule has 0 amide bonds. The van der Waals surface area contributed by atoms with E-state index in [2.05, 4.69) is 0 Å². The predicted octanol–water partition coefficient (Wildman–Crippen LogP) is 1.47. The average Bonchev–Trinajstić information content (AvgIpc) is 2.17. The molecule has 0 aromatic heterocycles. The summed E-state index contributed by atoms with van der Waals surface area (Å²) in [6, 6.07) is 3.36. The van der Waals surface area contributed by atoms with Crippen LogP contribution in [0.1, 0.15) is 11.1 Å². The van der Waals surface area contributed by atoms with E-state index in [9.17, 15) is 4.79 Å². The molecule has 0 atom stereocenters. The molecule has 1 aromatic rings. The van der Waals surface area contributed by atoms with Crippen LogP contribution in [-0.2, 0) is 4.79 Å². The zero-order chi connectivity index (χ0) is 9.84. The first-order valence-electron chi connectivity index (χ1n) is 3.83.